The Kier molecular flexibility index (Phi) is 2.10. The van der Waals surface area contributed by atoms with E-state index in [0.29, 0.717) is 5.92 Å². The Balaban J connectivity index is 1.79. The highest BCUT2D eigenvalue weighted by atomic mass is 16.5. The maximum absolute atomic E-state index is 6.18. The largest absolute Gasteiger partial charge is 0.493 e. The van der Waals surface area contributed by atoms with E-state index in [0.717, 1.165) is 24.5 Å². The molecular formula is C16H14O2. The van der Waals surface area contributed by atoms with Gasteiger partial charge in [-0.3, -0.25) is 0 Å². The molecule has 4 rings (SSSR count). The molecule has 0 saturated carbocycles. The first kappa shape index (κ1) is 10.0. The number of ether oxygens (including phenoxy) is 2. The van der Waals surface area contributed by atoms with E-state index in [1.807, 2.05) is 18.2 Å². The molecule has 0 amide bonds. The average Bonchev–Trinajstić information content (AvgIpc) is 2.45. The molecule has 0 unspecified atom stereocenters. The molecule has 0 N–H and O–H groups in total. The van der Waals surface area contributed by atoms with Crippen LogP contribution in [-0.4, -0.2) is 6.61 Å². The molecule has 2 aliphatic rings. The van der Waals surface area contributed by atoms with Crippen molar-refractivity contribution >= 4 is 0 Å². The van der Waals surface area contributed by atoms with Crippen LogP contribution in [0.25, 0.3) is 0 Å². The molecule has 0 aliphatic carbocycles. The number of fused-ring (bicyclic) bond motifs is 4. The molecule has 2 aliphatic heterocycles. The smallest absolute Gasteiger partial charge is 0.134 e. The van der Waals surface area contributed by atoms with Crippen molar-refractivity contribution in [3.8, 4) is 11.5 Å². The van der Waals surface area contributed by atoms with Crippen LogP contribution in [0, 0.1) is 5.92 Å². The van der Waals surface area contributed by atoms with Crippen molar-refractivity contribution in [3.63, 3.8) is 0 Å². The number of para-hydroxylation sites is 2. The lowest BCUT2D eigenvalue weighted by Crippen LogP contribution is -2.34. The molecule has 18 heavy (non-hydrogen) atoms. The van der Waals surface area contributed by atoms with Crippen molar-refractivity contribution < 1.29 is 9.47 Å². The van der Waals surface area contributed by atoms with Crippen LogP contribution >= 0.6 is 0 Å². The van der Waals surface area contributed by atoms with Gasteiger partial charge in [-0.25, -0.2) is 0 Å². The first-order valence-corrected chi connectivity index (χ1v) is 6.38. The van der Waals surface area contributed by atoms with Gasteiger partial charge in [0.05, 0.1) is 6.61 Å². The zero-order chi connectivity index (χ0) is 11.9. The standard InChI is InChI=1S/C16H14O2/c1-3-7-14-11(5-1)9-12-10-17-15-8-4-2-6-13(15)16(12)18-14/h1-8,12,16H,9-10H2/t12-,16-/m1/s1. The second-order valence-electron chi connectivity index (χ2n) is 4.96. The SMILES string of the molecule is c1ccc2c(c1)C[C@@H]1COc3ccccc3[C@@H]1O2. The Bertz CT molecular complexity index is 591. The minimum Gasteiger partial charge on any atom is -0.493 e. The second-order valence-corrected chi connectivity index (χ2v) is 4.96. The molecular weight excluding hydrogens is 224 g/mol. The highest BCUT2D eigenvalue weighted by molar-refractivity contribution is 5.42. The van der Waals surface area contributed by atoms with Gasteiger partial charge in [0, 0.05) is 11.5 Å². The van der Waals surface area contributed by atoms with E-state index in [-0.39, 0.29) is 6.10 Å². The van der Waals surface area contributed by atoms with Gasteiger partial charge in [0.25, 0.3) is 0 Å². The van der Waals surface area contributed by atoms with Crippen molar-refractivity contribution in [1.82, 2.24) is 0 Å². The predicted octanol–water partition coefficient (Wildman–Crippen LogP) is 3.37. The van der Waals surface area contributed by atoms with Gasteiger partial charge in [-0.05, 0) is 24.1 Å². The molecule has 2 aromatic carbocycles. The van der Waals surface area contributed by atoms with E-state index in [4.69, 9.17) is 9.47 Å². The zero-order valence-electron chi connectivity index (χ0n) is 10.0. The normalized spacial score (nSPS) is 24.0. The molecule has 0 bridgehead atoms. The third-order valence-electron chi connectivity index (χ3n) is 3.82. The predicted molar refractivity (Wildman–Crippen MR) is 68.9 cm³/mol. The number of hydrogen-bond donors (Lipinski definition) is 0. The molecule has 2 atom stereocenters. The Morgan fingerprint density at radius 2 is 1.67 bits per heavy atom. The summed E-state index contributed by atoms with van der Waals surface area (Å²) in [5.41, 5.74) is 2.48. The van der Waals surface area contributed by atoms with Gasteiger partial charge in [0.1, 0.15) is 17.6 Å². The van der Waals surface area contributed by atoms with E-state index < -0.39 is 0 Å². The summed E-state index contributed by atoms with van der Waals surface area (Å²) in [4.78, 5) is 0. The maximum atomic E-state index is 6.18. The fraction of sp³-hybridized carbons (Fsp3) is 0.250. The summed E-state index contributed by atoms with van der Waals surface area (Å²) in [7, 11) is 0. The molecule has 0 saturated heterocycles. The summed E-state index contributed by atoms with van der Waals surface area (Å²) in [5.74, 6) is 2.42. The van der Waals surface area contributed by atoms with Gasteiger partial charge in [0.15, 0.2) is 0 Å². The monoisotopic (exact) mass is 238 g/mol. The summed E-state index contributed by atoms with van der Waals surface area (Å²) in [6.07, 6.45) is 1.18. The molecule has 0 spiro atoms. The van der Waals surface area contributed by atoms with Crippen LogP contribution in [0.2, 0.25) is 0 Å². The summed E-state index contributed by atoms with van der Waals surface area (Å²) in [6, 6.07) is 16.5. The highest BCUT2D eigenvalue weighted by Crippen LogP contribution is 2.44. The van der Waals surface area contributed by atoms with Crippen molar-refractivity contribution in [2.75, 3.05) is 6.61 Å². The number of benzene rings is 2. The minimum atomic E-state index is 0.143. The first-order chi connectivity index (χ1) is 8.92. The summed E-state index contributed by atoms with van der Waals surface area (Å²) < 4.78 is 12.0. The van der Waals surface area contributed by atoms with Crippen molar-refractivity contribution in [3.05, 3.63) is 59.7 Å². The molecule has 0 aromatic heterocycles. The molecule has 90 valence electrons. The van der Waals surface area contributed by atoms with Gasteiger partial charge in [-0.1, -0.05) is 36.4 Å². The lowest BCUT2D eigenvalue weighted by Gasteiger charge is -2.37. The van der Waals surface area contributed by atoms with Crippen LogP contribution in [0.15, 0.2) is 48.5 Å². The van der Waals surface area contributed by atoms with Crippen molar-refractivity contribution in [2.45, 2.75) is 12.5 Å². The van der Waals surface area contributed by atoms with E-state index in [1.165, 1.54) is 11.1 Å². The fourth-order valence-corrected chi connectivity index (χ4v) is 2.92. The van der Waals surface area contributed by atoms with Gasteiger partial charge in [-0.15, -0.1) is 0 Å². The van der Waals surface area contributed by atoms with E-state index in [1.54, 1.807) is 0 Å². The number of hydrogen-bond acceptors (Lipinski definition) is 2. The van der Waals surface area contributed by atoms with Gasteiger partial charge in [-0.2, -0.15) is 0 Å². The maximum Gasteiger partial charge on any atom is 0.134 e. The minimum absolute atomic E-state index is 0.143. The van der Waals surface area contributed by atoms with E-state index in [9.17, 15) is 0 Å². The van der Waals surface area contributed by atoms with E-state index >= 15 is 0 Å². The summed E-state index contributed by atoms with van der Waals surface area (Å²) >= 11 is 0. The van der Waals surface area contributed by atoms with E-state index in [2.05, 4.69) is 30.3 Å². The van der Waals surface area contributed by atoms with Crippen LogP contribution < -0.4 is 9.47 Å². The Morgan fingerprint density at radius 3 is 2.61 bits per heavy atom. The molecule has 2 aromatic rings. The Hall–Kier alpha value is -1.96. The van der Waals surface area contributed by atoms with Crippen LogP contribution in [0.5, 0.6) is 11.5 Å². The van der Waals surface area contributed by atoms with Crippen LogP contribution in [0.3, 0.4) is 0 Å². The van der Waals surface area contributed by atoms with Crippen LogP contribution in [0.1, 0.15) is 17.2 Å². The quantitative estimate of drug-likeness (QED) is 0.700. The van der Waals surface area contributed by atoms with Crippen LogP contribution in [-0.2, 0) is 6.42 Å². The van der Waals surface area contributed by atoms with Gasteiger partial charge < -0.3 is 9.47 Å². The first-order valence-electron chi connectivity index (χ1n) is 6.38. The summed E-state index contributed by atoms with van der Waals surface area (Å²) in [5, 5.41) is 0. The fourth-order valence-electron chi connectivity index (χ4n) is 2.92. The van der Waals surface area contributed by atoms with Gasteiger partial charge >= 0.3 is 0 Å². The van der Waals surface area contributed by atoms with Crippen molar-refractivity contribution in [2.24, 2.45) is 5.92 Å². The van der Waals surface area contributed by atoms with Crippen LogP contribution in [0.4, 0.5) is 0 Å². The Morgan fingerprint density at radius 1 is 0.889 bits per heavy atom. The third kappa shape index (κ3) is 1.42. The summed E-state index contributed by atoms with van der Waals surface area (Å²) in [6.45, 7) is 0.746. The Labute approximate surface area is 106 Å². The molecule has 0 radical (unpaired) electrons. The molecule has 0 fully saturated rings. The zero-order valence-corrected chi connectivity index (χ0v) is 10.0. The molecule has 2 heterocycles. The topological polar surface area (TPSA) is 18.5 Å². The molecule has 2 nitrogen and oxygen atoms in total. The lowest BCUT2D eigenvalue weighted by molar-refractivity contribution is 0.0544. The third-order valence-corrected chi connectivity index (χ3v) is 3.82. The number of rotatable bonds is 0. The highest BCUT2D eigenvalue weighted by Gasteiger charge is 2.36. The lowest BCUT2D eigenvalue weighted by atomic mass is 9.85. The van der Waals surface area contributed by atoms with Crippen molar-refractivity contribution in [1.29, 1.82) is 0 Å². The average molecular weight is 238 g/mol. The van der Waals surface area contributed by atoms with Gasteiger partial charge in [0.2, 0.25) is 0 Å². The molecule has 2 heteroatoms. The second kappa shape index (κ2) is 3.77.